The van der Waals surface area contributed by atoms with Gasteiger partial charge in [0.2, 0.25) is 0 Å². The van der Waals surface area contributed by atoms with Crippen LogP contribution in [-0.4, -0.2) is 49.2 Å². The minimum Gasteiger partial charge on any atom is -0.485 e. The lowest BCUT2D eigenvalue weighted by Gasteiger charge is -2.26. The van der Waals surface area contributed by atoms with E-state index in [1.165, 1.54) is 12.1 Å². The summed E-state index contributed by atoms with van der Waals surface area (Å²) < 4.78 is 5.49. The summed E-state index contributed by atoms with van der Waals surface area (Å²) in [4.78, 5) is 12.7. The Morgan fingerprint density at radius 2 is 2.16 bits per heavy atom. The topological polar surface area (TPSA) is 67.6 Å². The van der Waals surface area contributed by atoms with E-state index in [-0.39, 0.29) is 11.4 Å². The van der Waals surface area contributed by atoms with E-state index in [2.05, 4.69) is 10.2 Å². The second-order valence-electron chi connectivity index (χ2n) is 4.31. The Morgan fingerprint density at radius 3 is 2.84 bits per heavy atom. The summed E-state index contributed by atoms with van der Waals surface area (Å²) in [6, 6.07) is 4.44. The number of nitro groups is 1. The van der Waals surface area contributed by atoms with Crippen molar-refractivity contribution >= 4 is 17.3 Å². The molecule has 1 aromatic carbocycles. The van der Waals surface area contributed by atoms with Crippen molar-refractivity contribution in [1.29, 1.82) is 0 Å². The third-order valence-electron chi connectivity index (χ3n) is 2.99. The average molecular weight is 286 g/mol. The summed E-state index contributed by atoms with van der Waals surface area (Å²) >= 11 is 5.74. The lowest BCUT2D eigenvalue weighted by molar-refractivity contribution is -0.385. The highest BCUT2D eigenvalue weighted by Gasteiger charge is 2.16. The van der Waals surface area contributed by atoms with Crippen molar-refractivity contribution < 1.29 is 9.66 Å². The molecule has 0 bridgehead atoms. The van der Waals surface area contributed by atoms with Gasteiger partial charge in [-0.1, -0.05) is 11.6 Å². The molecule has 1 N–H and O–H groups in total. The van der Waals surface area contributed by atoms with Crippen molar-refractivity contribution in [2.75, 3.05) is 39.3 Å². The number of piperazine rings is 1. The first-order valence-corrected chi connectivity index (χ1v) is 6.54. The van der Waals surface area contributed by atoms with Gasteiger partial charge in [-0.05, 0) is 12.1 Å². The molecule has 0 radical (unpaired) electrons. The Kier molecular flexibility index (Phi) is 4.95. The fourth-order valence-corrected chi connectivity index (χ4v) is 2.14. The number of rotatable bonds is 5. The molecule has 1 aliphatic rings. The van der Waals surface area contributed by atoms with Crippen LogP contribution < -0.4 is 10.1 Å². The molecule has 1 fully saturated rings. The van der Waals surface area contributed by atoms with Crippen molar-refractivity contribution in [2.45, 2.75) is 0 Å². The zero-order valence-corrected chi connectivity index (χ0v) is 11.2. The highest BCUT2D eigenvalue weighted by Crippen LogP contribution is 2.29. The van der Waals surface area contributed by atoms with Crippen LogP contribution in [0.15, 0.2) is 18.2 Å². The minimum absolute atomic E-state index is 0.0900. The van der Waals surface area contributed by atoms with Gasteiger partial charge >= 0.3 is 5.69 Å². The second-order valence-corrected chi connectivity index (χ2v) is 4.75. The lowest BCUT2D eigenvalue weighted by Crippen LogP contribution is -2.44. The van der Waals surface area contributed by atoms with Gasteiger partial charge in [0.25, 0.3) is 0 Å². The van der Waals surface area contributed by atoms with Crippen molar-refractivity contribution in [3.8, 4) is 5.75 Å². The zero-order valence-electron chi connectivity index (χ0n) is 10.5. The van der Waals surface area contributed by atoms with Gasteiger partial charge in [0.05, 0.1) is 4.92 Å². The number of hydrogen-bond acceptors (Lipinski definition) is 5. The first kappa shape index (κ1) is 14.0. The standard InChI is InChI=1S/C12H16ClN3O3/c13-10-1-2-12(11(9-10)16(17)18)19-8-7-15-5-3-14-4-6-15/h1-2,9,14H,3-8H2. The van der Waals surface area contributed by atoms with E-state index < -0.39 is 4.92 Å². The summed E-state index contributed by atoms with van der Waals surface area (Å²) in [6.07, 6.45) is 0. The fourth-order valence-electron chi connectivity index (χ4n) is 1.97. The summed E-state index contributed by atoms with van der Waals surface area (Å²) in [5.74, 6) is 0.268. The Balaban J connectivity index is 1.89. The maximum atomic E-state index is 10.9. The van der Waals surface area contributed by atoms with Crippen LogP contribution in [0.25, 0.3) is 0 Å². The van der Waals surface area contributed by atoms with E-state index in [1.807, 2.05) is 0 Å². The van der Waals surface area contributed by atoms with Crippen LogP contribution in [0, 0.1) is 10.1 Å². The van der Waals surface area contributed by atoms with Gasteiger partial charge in [-0.2, -0.15) is 0 Å². The van der Waals surface area contributed by atoms with Crippen molar-refractivity contribution in [3.05, 3.63) is 33.3 Å². The molecule has 6 nitrogen and oxygen atoms in total. The summed E-state index contributed by atoms with van der Waals surface area (Å²) in [6.45, 7) is 5.10. The quantitative estimate of drug-likeness (QED) is 0.656. The molecule has 0 amide bonds. The van der Waals surface area contributed by atoms with Crippen molar-refractivity contribution in [2.24, 2.45) is 0 Å². The molecule has 7 heteroatoms. The van der Waals surface area contributed by atoms with E-state index in [4.69, 9.17) is 16.3 Å². The van der Waals surface area contributed by atoms with Crippen LogP contribution in [0.5, 0.6) is 5.75 Å². The molecule has 1 heterocycles. The number of nitrogens with zero attached hydrogens (tertiary/aromatic N) is 2. The number of ether oxygens (including phenoxy) is 1. The molecule has 0 aromatic heterocycles. The van der Waals surface area contributed by atoms with Gasteiger partial charge < -0.3 is 10.1 Å². The van der Waals surface area contributed by atoms with Crippen LogP contribution in [0.1, 0.15) is 0 Å². The van der Waals surface area contributed by atoms with Gasteiger partial charge in [0.15, 0.2) is 5.75 Å². The van der Waals surface area contributed by atoms with E-state index >= 15 is 0 Å². The van der Waals surface area contributed by atoms with Crippen molar-refractivity contribution in [1.82, 2.24) is 10.2 Å². The van der Waals surface area contributed by atoms with Crippen LogP contribution >= 0.6 is 11.6 Å². The number of benzene rings is 1. The average Bonchev–Trinajstić information content (AvgIpc) is 2.41. The molecule has 0 spiro atoms. The Morgan fingerprint density at radius 1 is 1.42 bits per heavy atom. The van der Waals surface area contributed by atoms with E-state index in [0.717, 1.165) is 32.7 Å². The number of hydrogen-bond donors (Lipinski definition) is 1. The maximum absolute atomic E-state index is 10.9. The monoisotopic (exact) mass is 285 g/mol. The van der Waals surface area contributed by atoms with Crippen LogP contribution in [0.4, 0.5) is 5.69 Å². The second kappa shape index (κ2) is 6.70. The third kappa shape index (κ3) is 4.05. The van der Waals surface area contributed by atoms with Gasteiger partial charge in [-0.3, -0.25) is 15.0 Å². The number of halogens is 1. The minimum atomic E-state index is -0.480. The summed E-state index contributed by atoms with van der Waals surface area (Å²) in [5.41, 5.74) is -0.0900. The van der Waals surface area contributed by atoms with E-state index in [0.29, 0.717) is 11.6 Å². The Labute approximate surface area is 116 Å². The summed E-state index contributed by atoms with van der Waals surface area (Å²) in [7, 11) is 0. The zero-order chi connectivity index (χ0) is 13.7. The Hall–Kier alpha value is -1.37. The van der Waals surface area contributed by atoms with Crippen LogP contribution in [-0.2, 0) is 0 Å². The molecule has 2 rings (SSSR count). The molecule has 1 saturated heterocycles. The molecule has 0 unspecified atom stereocenters. The number of nitrogens with one attached hydrogen (secondary N) is 1. The highest BCUT2D eigenvalue weighted by molar-refractivity contribution is 6.30. The molecule has 0 saturated carbocycles. The SMILES string of the molecule is O=[N+]([O-])c1cc(Cl)ccc1OCCN1CCNCC1. The summed E-state index contributed by atoms with van der Waals surface area (Å²) in [5, 5.41) is 14.5. The highest BCUT2D eigenvalue weighted by atomic mass is 35.5. The predicted molar refractivity (Wildman–Crippen MR) is 72.9 cm³/mol. The number of nitro benzene ring substituents is 1. The molecule has 104 valence electrons. The Bertz CT molecular complexity index is 450. The molecule has 0 atom stereocenters. The smallest absolute Gasteiger partial charge is 0.312 e. The first-order valence-electron chi connectivity index (χ1n) is 6.16. The van der Waals surface area contributed by atoms with Crippen LogP contribution in [0.3, 0.4) is 0 Å². The molecular formula is C12H16ClN3O3. The van der Waals surface area contributed by atoms with E-state index in [1.54, 1.807) is 6.07 Å². The molecule has 0 aliphatic carbocycles. The van der Waals surface area contributed by atoms with Crippen LogP contribution in [0.2, 0.25) is 5.02 Å². The van der Waals surface area contributed by atoms with Crippen molar-refractivity contribution in [3.63, 3.8) is 0 Å². The van der Waals surface area contributed by atoms with E-state index in [9.17, 15) is 10.1 Å². The molecule has 1 aliphatic heterocycles. The molecular weight excluding hydrogens is 270 g/mol. The largest absolute Gasteiger partial charge is 0.485 e. The first-order chi connectivity index (χ1) is 9.16. The maximum Gasteiger partial charge on any atom is 0.312 e. The fraction of sp³-hybridized carbons (Fsp3) is 0.500. The van der Waals surface area contributed by atoms with Gasteiger partial charge in [0, 0.05) is 43.8 Å². The predicted octanol–water partition coefficient (Wildman–Crippen LogP) is 1.53. The molecule has 19 heavy (non-hydrogen) atoms. The third-order valence-corrected chi connectivity index (χ3v) is 3.23. The molecule has 1 aromatic rings. The van der Waals surface area contributed by atoms with Gasteiger partial charge in [0.1, 0.15) is 6.61 Å². The normalized spacial score (nSPS) is 16.3. The van der Waals surface area contributed by atoms with Gasteiger partial charge in [-0.25, -0.2) is 0 Å². The van der Waals surface area contributed by atoms with Gasteiger partial charge in [-0.15, -0.1) is 0 Å². The lowest BCUT2D eigenvalue weighted by atomic mass is 10.3.